The van der Waals surface area contributed by atoms with E-state index in [-0.39, 0.29) is 17.4 Å². The minimum Gasteiger partial charge on any atom is -0.439 e. The lowest BCUT2D eigenvalue weighted by Gasteiger charge is -2.09. The van der Waals surface area contributed by atoms with Gasteiger partial charge < -0.3 is 9.73 Å². The molecule has 2 aromatic rings. The van der Waals surface area contributed by atoms with Crippen molar-refractivity contribution in [3.63, 3.8) is 0 Å². The SMILES string of the molecule is CNC(C)c1ncc(-c2ccc(F)c(C(F)(F)F)c2)o1. The van der Waals surface area contributed by atoms with Crippen LogP contribution in [0.2, 0.25) is 0 Å². The lowest BCUT2D eigenvalue weighted by Crippen LogP contribution is -2.12. The maximum Gasteiger partial charge on any atom is 0.419 e. The van der Waals surface area contributed by atoms with Gasteiger partial charge in [-0.15, -0.1) is 0 Å². The molecule has 2 rings (SSSR count). The van der Waals surface area contributed by atoms with Crippen LogP contribution in [0.5, 0.6) is 0 Å². The molecular weight excluding hydrogens is 276 g/mol. The van der Waals surface area contributed by atoms with Crippen LogP contribution >= 0.6 is 0 Å². The molecule has 7 heteroatoms. The zero-order chi connectivity index (χ0) is 14.9. The van der Waals surface area contributed by atoms with Crippen LogP contribution in [-0.4, -0.2) is 12.0 Å². The summed E-state index contributed by atoms with van der Waals surface area (Å²) in [5.41, 5.74) is -1.20. The molecule has 0 aliphatic rings. The van der Waals surface area contributed by atoms with Crippen molar-refractivity contribution in [2.45, 2.75) is 19.1 Å². The van der Waals surface area contributed by atoms with Crippen molar-refractivity contribution in [3.8, 4) is 11.3 Å². The van der Waals surface area contributed by atoms with E-state index in [1.54, 1.807) is 14.0 Å². The Morgan fingerprint density at radius 1 is 1.30 bits per heavy atom. The van der Waals surface area contributed by atoms with Crippen LogP contribution in [0.15, 0.2) is 28.8 Å². The summed E-state index contributed by atoms with van der Waals surface area (Å²) >= 11 is 0. The van der Waals surface area contributed by atoms with E-state index in [9.17, 15) is 17.6 Å². The van der Waals surface area contributed by atoms with Gasteiger partial charge in [0, 0.05) is 5.56 Å². The number of halogens is 4. The van der Waals surface area contributed by atoms with Gasteiger partial charge in [0.2, 0.25) is 5.89 Å². The van der Waals surface area contributed by atoms with Crippen LogP contribution < -0.4 is 5.32 Å². The molecule has 0 fully saturated rings. The van der Waals surface area contributed by atoms with Gasteiger partial charge in [-0.1, -0.05) is 0 Å². The van der Waals surface area contributed by atoms with E-state index in [0.717, 1.165) is 6.07 Å². The number of nitrogens with zero attached hydrogens (tertiary/aromatic N) is 1. The van der Waals surface area contributed by atoms with E-state index in [2.05, 4.69) is 10.3 Å². The molecule has 1 heterocycles. The Labute approximate surface area is 112 Å². The zero-order valence-corrected chi connectivity index (χ0v) is 10.8. The van der Waals surface area contributed by atoms with Gasteiger partial charge in [0.25, 0.3) is 0 Å². The summed E-state index contributed by atoms with van der Waals surface area (Å²) in [6.45, 7) is 1.79. The van der Waals surface area contributed by atoms with Crippen molar-refractivity contribution in [1.82, 2.24) is 10.3 Å². The van der Waals surface area contributed by atoms with Gasteiger partial charge >= 0.3 is 6.18 Å². The normalized spacial score (nSPS) is 13.5. The molecule has 0 saturated heterocycles. The number of hydrogen-bond donors (Lipinski definition) is 1. The van der Waals surface area contributed by atoms with Crippen molar-refractivity contribution in [1.29, 1.82) is 0 Å². The summed E-state index contributed by atoms with van der Waals surface area (Å²) in [5.74, 6) is -0.808. The van der Waals surface area contributed by atoms with Crippen LogP contribution in [0.3, 0.4) is 0 Å². The molecule has 3 nitrogen and oxygen atoms in total. The zero-order valence-electron chi connectivity index (χ0n) is 10.8. The van der Waals surface area contributed by atoms with Crippen LogP contribution in [0.1, 0.15) is 24.4 Å². The maximum atomic E-state index is 13.2. The van der Waals surface area contributed by atoms with E-state index >= 15 is 0 Å². The van der Waals surface area contributed by atoms with Gasteiger partial charge in [-0.3, -0.25) is 0 Å². The fourth-order valence-electron chi connectivity index (χ4n) is 1.64. The monoisotopic (exact) mass is 288 g/mol. The third-order valence-corrected chi connectivity index (χ3v) is 2.88. The number of rotatable bonds is 3. The Morgan fingerprint density at radius 3 is 2.60 bits per heavy atom. The molecule has 0 bridgehead atoms. The molecule has 1 unspecified atom stereocenters. The fourth-order valence-corrected chi connectivity index (χ4v) is 1.64. The topological polar surface area (TPSA) is 38.1 Å². The average molecular weight is 288 g/mol. The second kappa shape index (κ2) is 5.24. The largest absolute Gasteiger partial charge is 0.439 e. The Bertz CT molecular complexity index is 607. The number of nitrogens with one attached hydrogen (secondary N) is 1. The molecule has 1 aromatic heterocycles. The van der Waals surface area contributed by atoms with Crippen molar-refractivity contribution < 1.29 is 22.0 Å². The highest BCUT2D eigenvalue weighted by atomic mass is 19.4. The Morgan fingerprint density at radius 2 is 2.00 bits per heavy atom. The van der Waals surface area contributed by atoms with E-state index < -0.39 is 17.6 Å². The van der Waals surface area contributed by atoms with Gasteiger partial charge in [0.1, 0.15) is 5.82 Å². The highest BCUT2D eigenvalue weighted by molar-refractivity contribution is 5.58. The van der Waals surface area contributed by atoms with Crippen LogP contribution in [0, 0.1) is 5.82 Å². The van der Waals surface area contributed by atoms with Gasteiger partial charge in [-0.25, -0.2) is 9.37 Å². The van der Waals surface area contributed by atoms with Crippen molar-refractivity contribution in [3.05, 3.63) is 41.7 Å². The van der Waals surface area contributed by atoms with Gasteiger partial charge in [0.15, 0.2) is 5.76 Å². The van der Waals surface area contributed by atoms with Crippen molar-refractivity contribution in [2.24, 2.45) is 0 Å². The average Bonchev–Trinajstić information content (AvgIpc) is 2.86. The summed E-state index contributed by atoms with van der Waals surface area (Å²) in [6.07, 6.45) is -3.43. The standard InChI is InChI=1S/C13H12F4N2O/c1-7(18-2)12-19-6-11(20-12)8-3-4-10(14)9(5-8)13(15,16)17/h3-7,18H,1-2H3. The minimum atomic E-state index is -4.75. The van der Waals surface area contributed by atoms with Crippen LogP contribution in [0.25, 0.3) is 11.3 Å². The highest BCUT2D eigenvalue weighted by Crippen LogP contribution is 2.34. The van der Waals surface area contributed by atoms with E-state index in [0.29, 0.717) is 12.0 Å². The van der Waals surface area contributed by atoms with Gasteiger partial charge in [0.05, 0.1) is 17.8 Å². The molecule has 108 valence electrons. The van der Waals surface area contributed by atoms with Crippen molar-refractivity contribution >= 4 is 0 Å². The number of benzene rings is 1. The predicted octanol–water partition coefficient (Wildman–Crippen LogP) is 3.78. The van der Waals surface area contributed by atoms with E-state index in [1.807, 2.05) is 0 Å². The highest BCUT2D eigenvalue weighted by Gasteiger charge is 2.34. The van der Waals surface area contributed by atoms with Crippen LogP contribution in [0.4, 0.5) is 17.6 Å². The number of oxazole rings is 1. The lowest BCUT2D eigenvalue weighted by atomic mass is 10.1. The molecule has 1 aromatic carbocycles. The summed E-state index contributed by atoms with van der Waals surface area (Å²) < 4.78 is 56.5. The van der Waals surface area contributed by atoms with E-state index in [1.165, 1.54) is 12.3 Å². The summed E-state index contributed by atoms with van der Waals surface area (Å²) in [5, 5.41) is 2.89. The first-order valence-electron chi connectivity index (χ1n) is 5.83. The summed E-state index contributed by atoms with van der Waals surface area (Å²) in [6, 6.07) is 2.52. The molecule has 20 heavy (non-hydrogen) atoms. The number of alkyl halides is 3. The Kier molecular flexibility index (Phi) is 3.80. The molecular formula is C13H12F4N2O. The first kappa shape index (κ1) is 14.5. The summed E-state index contributed by atoms with van der Waals surface area (Å²) in [7, 11) is 1.70. The second-order valence-electron chi connectivity index (χ2n) is 4.27. The van der Waals surface area contributed by atoms with Crippen molar-refractivity contribution in [2.75, 3.05) is 7.05 Å². The molecule has 1 N–H and O–H groups in total. The van der Waals surface area contributed by atoms with Crippen LogP contribution in [-0.2, 0) is 6.18 Å². The molecule has 0 saturated carbocycles. The van der Waals surface area contributed by atoms with E-state index in [4.69, 9.17) is 4.42 Å². The minimum absolute atomic E-state index is 0.126. The quantitative estimate of drug-likeness (QED) is 0.873. The third-order valence-electron chi connectivity index (χ3n) is 2.88. The Hall–Kier alpha value is -1.89. The van der Waals surface area contributed by atoms with Gasteiger partial charge in [-0.05, 0) is 32.2 Å². The maximum absolute atomic E-state index is 13.2. The smallest absolute Gasteiger partial charge is 0.419 e. The first-order valence-corrected chi connectivity index (χ1v) is 5.83. The van der Waals surface area contributed by atoms with Gasteiger partial charge in [-0.2, -0.15) is 13.2 Å². The fraction of sp³-hybridized carbons (Fsp3) is 0.308. The first-order chi connectivity index (χ1) is 9.32. The molecule has 0 spiro atoms. The third kappa shape index (κ3) is 2.82. The Balaban J connectivity index is 2.41. The lowest BCUT2D eigenvalue weighted by molar-refractivity contribution is -0.139. The molecule has 0 aliphatic carbocycles. The molecule has 0 radical (unpaired) electrons. The number of aromatic nitrogens is 1. The summed E-state index contributed by atoms with van der Waals surface area (Å²) in [4.78, 5) is 3.97. The predicted molar refractivity (Wildman–Crippen MR) is 64.4 cm³/mol. The molecule has 0 aliphatic heterocycles. The molecule has 0 amide bonds. The molecule has 1 atom stereocenters. The second-order valence-corrected chi connectivity index (χ2v) is 4.27. The number of hydrogen-bond acceptors (Lipinski definition) is 3.